The molecule has 0 spiro atoms. The van der Waals surface area contributed by atoms with E-state index in [1.54, 1.807) is 12.3 Å². The molecule has 3 aromatic rings. The van der Waals surface area contributed by atoms with Crippen molar-refractivity contribution >= 4 is 28.4 Å². The Balaban J connectivity index is 1.93. The summed E-state index contributed by atoms with van der Waals surface area (Å²) >= 11 is 6.03. The van der Waals surface area contributed by atoms with Gasteiger partial charge in [0.1, 0.15) is 0 Å². The average molecular weight is 325 g/mol. The first kappa shape index (κ1) is 15.5. The van der Waals surface area contributed by atoms with Crippen LogP contribution in [0.2, 0.25) is 5.02 Å². The van der Waals surface area contributed by atoms with Crippen molar-refractivity contribution in [2.24, 2.45) is 0 Å². The SMILES string of the molecule is CCN(Cc1cccc(Cl)c1)C(=O)c1ccnc2ccccc12. The van der Waals surface area contributed by atoms with Crippen LogP contribution >= 0.6 is 11.6 Å². The van der Waals surface area contributed by atoms with Gasteiger partial charge < -0.3 is 4.90 Å². The van der Waals surface area contributed by atoms with E-state index >= 15 is 0 Å². The minimum Gasteiger partial charge on any atom is -0.335 e. The van der Waals surface area contributed by atoms with Gasteiger partial charge in [0, 0.05) is 29.7 Å². The molecule has 0 fully saturated rings. The molecule has 2 aromatic carbocycles. The van der Waals surface area contributed by atoms with E-state index in [0.717, 1.165) is 16.5 Å². The van der Waals surface area contributed by atoms with Crippen LogP contribution in [0.25, 0.3) is 10.9 Å². The van der Waals surface area contributed by atoms with Crippen LogP contribution in [0.5, 0.6) is 0 Å². The molecule has 1 amide bonds. The van der Waals surface area contributed by atoms with Gasteiger partial charge in [-0.05, 0) is 36.8 Å². The van der Waals surface area contributed by atoms with Gasteiger partial charge in [0.05, 0.1) is 11.1 Å². The first-order valence-corrected chi connectivity index (χ1v) is 7.94. The molecule has 0 radical (unpaired) electrons. The fraction of sp³-hybridized carbons (Fsp3) is 0.158. The Kier molecular flexibility index (Phi) is 4.58. The third-order valence-corrected chi connectivity index (χ3v) is 4.05. The molecule has 0 aliphatic heterocycles. The minimum atomic E-state index is 0.00563. The number of aromatic nitrogens is 1. The molecule has 0 aliphatic carbocycles. The molecule has 1 aromatic heterocycles. The number of amides is 1. The van der Waals surface area contributed by atoms with E-state index in [0.29, 0.717) is 23.7 Å². The molecule has 4 heteroatoms. The molecule has 3 nitrogen and oxygen atoms in total. The van der Waals surface area contributed by atoms with Gasteiger partial charge in [-0.25, -0.2) is 0 Å². The van der Waals surface area contributed by atoms with Crippen LogP contribution in [0.3, 0.4) is 0 Å². The smallest absolute Gasteiger partial charge is 0.254 e. The van der Waals surface area contributed by atoms with E-state index in [2.05, 4.69) is 4.98 Å². The molecular formula is C19H17ClN2O. The summed E-state index contributed by atoms with van der Waals surface area (Å²) in [5, 5.41) is 1.56. The zero-order chi connectivity index (χ0) is 16.2. The van der Waals surface area contributed by atoms with Crippen molar-refractivity contribution in [1.29, 1.82) is 0 Å². The van der Waals surface area contributed by atoms with Gasteiger partial charge in [-0.3, -0.25) is 9.78 Å². The molecule has 0 aliphatic rings. The van der Waals surface area contributed by atoms with Crippen LogP contribution in [0.1, 0.15) is 22.8 Å². The van der Waals surface area contributed by atoms with Gasteiger partial charge in [0.2, 0.25) is 0 Å². The van der Waals surface area contributed by atoms with E-state index in [1.807, 2.05) is 60.4 Å². The molecule has 0 saturated heterocycles. The maximum absolute atomic E-state index is 12.9. The molecule has 0 bridgehead atoms. The lowest BCUT2D eigenvalue weighted by Gasteiger charge is -2.22. The average Bonchev–Trinajstić information content (AvgIpc) is 2.58. The van der Waals surface area contributed by atoms with E-state index in [4.69, 9.17) is 11.6 Å². The third kappa shape index (κ3) is 3.35. The number of benzene rings is 2. The Morgan fingerprint density at radius 1 is 1.13 bits per heavy atom. The van der Waals surface area contributed by atoms with Gasteiger partial charge in [-0.15, -0.1) is 0 Å². The summed E-state index contributed by atoms with van der Waals surface area (Å²) in [4.78, 5) is 19.1. The number of nitrogens with zero attached hydrogens (tertiary/aromatic N) is 2. The van der Waals surface area contributed by atoms with Gasteiger partial charge >= 0.3 is 0 Å². The van der Waals surface area contributed by atoms with Crippen LogP contribution in [0.4, 0.5) is 0 Å². The molecule has 0 saturated carbocycles. The lowest BCUT2D eigenvalue weighted by atomic mass is 10.1. The third-order valence-electron chi connectivity index (χ3n) is 3.81. The predicted octanol–water partition coefficient (Wildman–Crippen LogP) is 4.55. The highest BCUT2D eigenvalue weighted by molar-refractivity contribution is 6.30. The topological polar surface area (TPSA) is 33.2 Å². The van der Waals surface area contributed by atoms with Gasteiger partial charge in [0.25, 0.3) is 5.91 Å². The van der Waals surface area contributed by atoms with E-state index in [-0.39, 0.29) is 5.91 Å². The molecule has 0 atom stereocenters. The number of fused-ring (bicyclic) bond motifs is 1. The summed E-state index contributed by atoms with van der Waals surface area (Å²) in [7, 11) is 0. The minimum absolute atomic E-state index is 0.00563. The highest BCUT2D eigenvalue weighted by Gasteiger charge is 2.17. The van der Waals surface area contributed by atoms with Crippen LogP contribution in [0.15, 0.2) is 60.8 Å². The van der Waals surface area contributed by atoms with Crippen LogP contribution in [0, 0.1) is 0 Å². The van der Waals surface area contributed by atoms with E-state index in [9.17, 15) is 4.79 Å². The zero-order valence-electron chi connectivity index (χ0n) is 12.9. The predicted molar refractivity (Wildman–Crippen MR) is 93.6 cm³/mol. The molecular weight excluding hydrogens is 308 g/mol. The quantitative estimate of drug-likeness (QED) is 0.705. The summed E-state index contributed by atoms with van der Waals surface area (Å²) in [5.41, 5.74) is 2.53. The van der Waals surface area contributed by atoms with Crippen molar-refractivity contribution < 1.29 is 4.79 Å². The fourth-order valence-corrected chi connectivity index (χ4v) is 2.85. The standard InChI is InChI=1S/C19H17ClN2O/c1-2-22(13-14-6-5-7-15(20)12-14)19(23)17-10-11-21-18-9-4-3-8-16(17)18/h3-12H,2,13H2,1H3. The lowest BCUT2D eigenvalue weighted by molar-refractivity contribution is 0.0754. The Bertz CT molecular complexity index is 842. The largest absolute Gasteiger partial charge is 0.335 e. The maximum atomic E-state index is 12.9. The number of rotatable bonds is 4. The summed E-state index contributed by atoms with van der Waals surface area (Å²) in [6.45, 7) is 3.14. The van der Waals surface area contributed by atoms with E-state index in [1.165, 1.54) is 0 Å². The summed E-state index contributed by atoms with van der Waals surface area (Å²) < 4.78 is 0. The number of hydrogen-bond acceptors (Lipinski definition) is 2. The van der Waals surface area contributed by atoms with Crippen LogP contribution < -0.4 is 0 Å². The number of carbonyl (C=O) groups is 1. The van der Waals surface area contributed by atoms with Gasteiger partial charge in [-0.1, -0.05) is 41.9 Å². The van der Waals surface area contributed by atoms with Crippen molar-refractivity contribution in [3.05, 3.63) is 76.9 Å². The lowest BCUT2D eigenvalue weighted by Crippen LogP contribution is -2.30. The number of hydrogen-bond donors (Lipinski definition) is 0. The van der Waals surface area contributed by atoms with Crippen molar-refractivity contribution in [1.82, 2.24) is 9.88 Å². The van der Waals surface area contributed by atoms with Crippen molar-refractivity contribution in [2.75, 3.05) is 6.54 Å². The van der Waals surface area contributed by atoms with Gasteiger partial charge in [-0.2, -0.15) is 0 Å². The Labute approximate surface area is 140 Å². The highest BCUT2D eigenvalue weighted by Crippen LogP contribution is 2.20. The summed E-state index contributed by atoms with van der Waals surface area (Å²) in [6, 6.07) is 17.1. The molecule has 116 valence electrons. The number of pyridine rings is 1. The van der Waals surface area contributed by atoms with Crippen LogP contribution in [-0.2, 0) is 6.54 Å². The normalized spacial score (nSPS) is 10.7. The summed E-state index contributed by atoms with van der Waals surface area (Å²) in [5.74, 6) is 0.00563. The Morgan fingerprint density at radius 3 is 2.74 bits per heavy atom. The Morgan fingerprint density at radius 2 is 1.96 bits per heavy atom. The fourth-order valence-electron chi connectivity index (χ4n) is 2.64. The number of halogens is 1. The first-order chi connectivity index (χ1) is 11.2. The molecule has 23 heavy (non-hydrogen) atoms. The Hall–Kier alpha value is -2.39. The summed E-state index contributed by atoms with van der Waals surface area (Å²) in [6.07, 6.45) is 1.68. The molecule has 3 rings (SSSR count). The van der Waals surface area contributed by atoms with Crippen LogP contribution in [-0.4, -0.2) is 22.3 Å². The molecule has 0 N–H and O–H groups in total. The van der Waals surface area contributed by atoms with Crippen molar-refractivity contribution in [3.8, 4) is 0 Å². The van der Waals surface area contributed by atoms with Gasteiger partial charge in [0.15, 0.2) is 0 Å². The first-order valence-electron chi connectivity index (χ1n) is 7.56. The number of carbonyl (C=O) groups excluding carboxylic acids is 1. The monoisotopic (exact) mass is 324 g/mol. The highest BCUT2D eigenvalue weighted by atomic mass is 35.5. The van der Waals surface area contributed by atoms with E-state index < -0.39 is 0 Å². The molecule has 0 unspecified atom stereocenters. The van der Waals surface area contributed by atoms with Crippen molar-refractivity contribution in [2.45, 2.75) is 13.5 Å². The van der Waals surface area contributed by atoms with Crippen molar-refractivity contribution in [3.63, 3.8) is 0 Å². The maximum Gasteiger partial charge on any atom is 0.254 e. The second kappa shape index (κ2) is 6.80. The second-order valence-electron chi connectivity index (χ2n) is 5.32. The second-order valence-corrected chi connectivity index (χ2v) is 5.76. The molecule has 1 heterocycles. The number of para-hydroxylation sites is 1. The zero-order valence-corrected chi connectivity index (χ0v) is 13.6.